The highest BCUT2D eigenvalue weighted by molar-refractivity contribution is 5.79. The summed E-state index contributed by atoms with van der Waals surface area (Å²) in [6.45, 7) is 4.25. The van der Waals surface area contributed by atoms with E-state index in [1.165, 1.54) is 22.3 Å². The van der Waals surface area contributed by atoms with Crippen LogP contribution in [-0.2, 0) is 4.74 Å². The van der Waals surface area contributed by atoms with Gasteiger partial charge in [-0.25, -0.2) is 4.79 Å². The number of alkyl carbamates (subject to hydrolysis) is 1. The van der Waals surface area contributed by atoms with Crippen molar-refractivity contribution in [1.29, 1.82) is 0 Å². The number of carbonyl (C=O) groups is 1. The Balaban J connectivity index is 1.70. The number of aliphatic hydroxyl groups is 1. The topological polar surface area (TPSA) is 58.6 Å². The summed E-state index contributed by atoms with van der Waals surface area (Å²) in [6, 6.07) is 16.2. The van der Waals surface area contributed by atoms with Gasteiger partial charge in [-0.3, -0.25) is 0 Å². The van der Waals surface area contributed by atoms with Crippen molar-refractivity contribution < 1.29 is 14.6 Å². The molecular formula is C21H25NO3. The van der Waals surface area contributed by atoms with E-state index in [2.05, 4.69) is 29.6 Å². The predicted molar refractivity (Wildman–Crippen MR) is 98.5 cm³/mol. The predicted octanol–water partition coefficient (Wildman–Crippen LogP) is 3.93. The Morgan fingerprint density at radius 3 is 2.20 bits per heavy atom. The van der Waals surface area contributed by atoms with E-state index in [1.807, 2.05) is 38.1 Å². The van der Waals surface area contributed by atoms with Crippen LogP contribution in [0.1, 0.15) is 37.3 Å². The number of aliphatic hydroxyl groups excluding tert-OH is 1. The summed E-state index contributed by atoms with van der Waals surface area (Å²) >= 11 is 0. The first-order chi connectivity index (χ1) is 12.2. The molecule has 0 spiro atoms. The van der Waals surface area contributed by atoms with Gasteiger partial charge in [0.15, 0.2) is 0 Å². The van der Waals surface area contributed by atoms with E-state index in [9.17, 15) is 9.90 Å². The van der Waals surface area contributed by atoms with E-state index in [-0.39, 0.29) is 24.5 Å². The van der Waals surface area contributed by atoms with E-state index in [4.69, 9.17) is 4.74 Å². The van der Waals surface area contributed by atoms with Gasteiger partial charge in [0.2, 0.25) is 0 Å². The average Bonchev–Trinajstić information content (AvgIpc) is 2.98. The molecule has 0 heterocycles. The summed E-state index contributed by atoms with van der Waals surface area (Å²) in [6.07, 6.45) is 0.413. The van der Waals surface area contributed by atoms with Crippen molar-refractivity contribution in [2.45, 2.75) is 32.2 Å². The maximum absolute atomic E-state index is 12.2. The number of carbonyl (C=O) groups excluding carboxylic acids is 1. The van der Waals surface area contributed by atoms with Gasteiger partial charge in [0.25, 0.3) is 0 Å². The van der Waals surface area contributed by atoms with Gasteiger partial charge in [-0.15, -0.1) is 0 Å². The van der Waals surface area contributed by atoms with Gasteiger partial charge in [-0.1, -0.05) is 68.8 Å². The molecule has 0 saturated heterocycles. The molecule has 1 amide bonds. The summed E-state index contributed by atoms with van der Waals surface area (Å²) in [5, 5.41) is 12.2. The molecule has 2 N–H and O–H groups in total. The molecule has 1 aliphatic carbocycles. The smallest absolute Gasteiger partial charge is 0.407 e. The molecule has 2 aromatic carbocycles. The number of hydrogen-bond donors (Lipinski definition) is 2. The standard InChI is InChI=1S/C21H25NO3/c1-3-14(2)20(12-23)22-21(24)25-13-19-17-10-6-4-8-15(17)16-9-5-7-11-18(16)19/h4-11,14,19-20,23H,3,12-13H2,1-2H3,(H,22,24)/t14-,20-/m1/s1. The molecule has 4 nitrogen and oxygen atoms in total. The van der Waals surface area contributed by atoms with Gasteiger partial charge in [0.05, 0.1) is 12.6 Å². The Bertz CT molecular complexity index is 698. The average molecular weight is 339 g/mol. The number of rotatable bonds is 6. The summed E-state index contributed by atoms with van der Waals surface area (Å²) in [4.78, 5) is 12.2. The van der Waals surface area contributed by atoms with Crippen molar-refractivity contribution in [2.75, 3.05) is 13.2 Å². The molecule has 0 unspecified atom stereocenters. The van der Waals surface area contributed by atoms with Crippen LogP contribution in [0.3, 0.4) is 0 Å². The lowest BCUT2D eigenvalue weighted by Crippen LogP contribution is -2.42. The highest BCUT2D eigenvalue weighted by Crippen LogP contribution is 2.44. The summed E-state index contributed by atoms with van der Waals surface area (Å²) in [5.74, 6) is 0.250. The molecule has 0 aromatic heterocycles. The quantitative estimate of drug-likeness (QED) is 0.838. The SMILES string of the molecule is CC[C@@H](C)[C@@H](CO)NC(=O)OCC1c2ccccc2-c2ccccc21. The zero-order valence-electron chi connectivity index (χ0n) is 14.7. The van der Waals surface area contributed by atoms with Gasteiger partial charge in [-0.05, 0) is 28.2 Å². The zero-order valence-corrected chi connectivity index (χ0v) is 14.7. The minimum Gasteiger partial charge on any atom is -0.449 e. The molecule has 0 fully saturated rings. The highest BCUT2D eigenvalue weighted by atomic mass is 16.5. The fourth-order valence-electron chi connectivity index (χ4n) is 3.44. The van der Waals surface area contributed by atoms with Gasteiger partial charge in [0.1, 0.15) is 6.61 Å². The number of benzene rings is 2. The van der Waals surface area contributed by atoms with E-state index in [0.717, 1.165) is 6.42 Å². The third kappa shape index (κ3) is 3.54. The normalized spacial score (nSPS) is 15.2. The van der Waals surface area contributed by atoms with Crippen molar-refractivity contribution >= 4 is 6.09 Å². The van der Waals surface area contributed by atoms with E-state index < -0.39 is 6.09 Å². The first kappa shape index (κ1) is 17.5. The Morgan fingerprint density at radius 1 is 1.12 bits per heavy atom. The minimum atomic E-state index is -0.471. The van der Waals surface area contributed by atoms with Crippen LogP contribution < -0.4 is 5.32 Å². The fraction of sp³-hybridized carbons (Fsp3) is 0.381. The molecule has 0 bridgehead atoms. The maximum Gasteiger partial charge on any atom is 0.407 e. The van der Waals surface area contributed by atoms with Crippen LogP contribution in [-0.4, -0.2) is 30.5 Å². The molecule has 2 atom stereocenters. The van der Waals surface area contributed by atoms with Gasteiger partial charge >= 0.3 is 6.09 Å². The molecule has 25 heavy (non-hydrogen) atoms. The zero-order chi connectivity index (χ0) is 17.8. The van der Waals surface area contributed by atoms with Crippen LogP contribution in [0.2, 0.25) is 0 Å². The van der Waals surface area contributed by atoms with Crippen LogP contribution in [0.15, 0.2) is 48.5 Å². The second-order valence-electron chi connectivity index (χ2n) is 6.64. The Hall–Kier alpha value is -2.33. The number of nitrogens with one attached hydrogen (secondary N) is 1. The lowest BCUT2D eigenvalue weighted by Gasteiger charge is -2.22. The van der Waals surface area contributed by atoms with Crippen LogP contribution in [0.4, 0.5) is 4.79 Å². The molecule has 0 aliphatic heterocycles. The lowest BCUT2D eigenvalue weighted by molar-refractivity contribution is 0.124. The van der Waals surface area contributed by atoms with Gasteiger partial charge < -0.3 is 15.2 Å². The summed E-state index contributed by atoms with van der Waals surface area (Å²) in [7, 11) is 0. The van der Waals surface area contributed by atoms with E-state index in [0.29, 0.717) is 6.61 Å². The molecule has 3 rings (SSSR count). The van der Waals surface area contributed by atoms with Crippen LogP contribution in [0.25, 0.3) is 11.1 Å². The lowest BCUT2D eigenvalue weighted by atomic mass is 9.98. The molecule has 2 aromatic rings. The van der Waals surface area contributed by atoms with E-state index in [1.54, 1.807) is 0 Å². The van der Waals surface area contributed by atoms with Crippen molar-refractivity contribution in [2.24, 2.45) is 5.92 Å². The first-order valence-corrected chi connectivity index (χ1v) is 8.88. The number of fused-ring (bicyclic) bond motifs is 3. The third-order valence-corrected chi connectivity index (χ3v) is 5.17. The van der Waals surface area contributed by atoms with Crippen LogP contribution in [0, 0.1) is 5.92 Å². The number of ether oxygens (including phenoxy) is 1. The Morgan fingerprint density at radius 2 is 1.68 bits per heavy atom. The van der Waals surface area contributed by atoms with Gasteiger partial charge in [-0.2, -0.15) is 0 Å². The molecular weight excluding hydrogens is 314 g/mol. The first-order valence-electron chi connectivity index (χ1n) is 8.88. The summed E-state index contributed by atoms with van der Waals surface area (Å²) in [5.41, 5.74) is 4.80. The monoisotopic (exact) mass is 339 g/mol. The summed E-state index contributed by atoms with van der Waals surface area (Å²) < 4.78 is 5.51. The Labute approximate surface area is 148 Å². The molecule has 0 saturated carbocycles. The second-order valence-corrected chi connectivity index (χ2v) is 6.64. The number of hydrogen-bond acceptors (Lipinski definition) is 3. The fourth-order valence-corrected chi connectivity index (χ4v) is 3.44. The van der Waals surface area contributed by atoms with Crippen LogP contribution in [0.5, 0.6) is 0 Å². The third-order valence-electron chi connectivity index (χ3n) is 5.17. The van der Waals surface area contributed by atoms with Crippen molar-refractivity contribution in [3.63, 3.8) is 0 Å². The maximum atomic E-state index is 12.2. The number of amides is 1. The molecule has 0 radical (unpaired) electrons. The second kappa shape index (κ2) is 7.70. The van der Waals surface area contributed by atoms with Crippen molar-refractivity contribution in [3.8, 4) is 11.1 Å². The minimum absolute atomic E-state index is 0.0503. The highest BCUT2D eigenvalue weighted by Gasteiger charge is 2.29. The molecule has 132 valence electrons. The van der Waals surface area contributed by atoms with Crippen molar-refractivity contribution in [3.05, 3.63) is 59.7 Å². The largest absolute Gasteiger partial charge is 0.449 e. The van der Waals surface area contributed by atoms with Crippen LogP contribution >= 0.6 is 0 Å². The molecule has 1 aliphatic rings. The van der Waals surface area contributed by atoms with E-state index >= 15 is 0 Å². The Kier molecular flexibility index (Phi) is 5.39. The van der Waals surface area contributed by atoms with Gasteiger partial charge in [0, 0.05) is 5.92 Å². The molecule has 4 heteroatoms. The van der Waals surface area contributed by atoms with Crippen molar-refractivity contribution in [1.82, 2.24) is 5.32 Å².